The first-order chi connectivity index (χ1) is 12.9. The van der Waals surface area contributed by atoms with Crippen LogP contribution in [-0.2, 0) is 6.54 Å². The second-order valence-electron chi connectivity index (χ2n) is 5.49. The van der Waals surface area contributed by atoms with E-state index in [4.69, 9.17) is 40.1 Å². The van der Waals surface area contributed by atoms with E-state index in [2.05, 4.69) is 15.3 Å². The molecule has 2 aromatic carbocycles. The normalized spacial score (nSPS) is 10.5. The number of imidazole rings is 1. The predicted molar refractivity (Wildman–Crippen MR) is 101 cm³/mol. The number of benzene rings is 2. The Morgan fingerprint density at radius 2 is 2.04 bits per heavy atom. The van der Waals surface area contributed by atoms with Crippen LogP contribution >= 0.6 is 34.8 Å². The van der Waals surface area contributed by atoms with Gasteiger partial charge in [-0.15, -0.1) is 0 Å². The summed E-state index contributed by atoms with van der Waals surface area (Å²) in [6.45, 7) is -0.101. The smallest absolute Gasteiger partial charge is 0.271 e. The lowest BCUT2D eigenvalue weighted by molar-refractivity contribution is 0.0946. The van der Waals surface area contributed by atoms with Gasteiger partial charge < -0.3 is 10.3 Å². The molecule has 3 aromatic rings. The molecule has 5 nitrogen and oxygen atoms in total. The van der Waals surface area contributed by atoms with Crippen LogP contribution in [0.2, 0.25) is 15.2 Å². The van der Waals surface area contributed by atoms with E-state index in [0.29, 0.717) is 5.56 Å². The van der Waals surface area contributed by atoms with Gasteiger partial charge in [0.25, 0.3) is 5.91 Å². The van der Waals surface area contributed by atoms with Crippen molar-refractivity contribution in [3.05, 3.63) is 74.5 Å². The summed E-state index contributed by atoms with van der Waals surface area (Å²) in [6, 6.07) is 9.41. The fourth-order valence-electron chi connectivity index (χ4n) is 2.50. The molecule has 9 heteroatoms. The van der Waals surface area contributed by atoms with Gasteiger partial charge in [0.2, 0.25) is 0 Å². The lowest BCUT2D eigenvalue weighted by Crippen LogP contribution is -2.24. The van der Waals surface area contributed by atoms with E-state index < -0.39 is 11.7 Å². The number of hydrogen-bond donors (Lipinski definition) is 2. The first-order valence-corrected chi connectivity index (χ1v) is 8.69. The Hall–Kier alpha value is -2.59. The summed E-state index contributed by atoms with van der Waals surface area (Å²) in [5, 5.41) is 12.1. The van der Waals surface area contributed by atoms with Crippen molar-refractivity contribution in [3.8, 4) is 17.2 Å². The standard InChI is InChI=1S/C18H10Cl3FN4O/c19-12-4-9(6-23)3-11(5-12)14-13(20)2-1-10(15(14)22)7-24-18(27)16-17(21)26-8-25-16/h1-5,8H,7H2,(H,24,27)(H,25,26). The number of H-pyrrole nitrogens is 1. The second kappa shape index (κ2) is 7.97. The fraction of sp³-hybridized carbons (Fsp3) is 0.0556. The minimum atomic E-state index is -0.621. The number of aromatic amines is 1. The third-order valence-corrected chi connectivity index (χ3v) is 4.57. The summed E-state index contributed by atoms with van der Waals surface area (Å²) in [4.78, 5) is 18.4. The molecule has 0 radical (unpaired) electrons. The topological polar surface area (TPSA) is 81.6 Å². The van der Waals surface area contributed by atoms with Gasteiger partial charge in [-0.2, -0.15) is 5.26 Å². The zero-order valence-electron chi connectivity index (χ0n) is 13.5. The monoisotopic (exact) mass is 422 g/mol. The van der Waals surface area contributed by atoms with Gasteiger partial charge in [-0.25, -0.2) is 9.37 Å². The minimum Gasteiger partial charge on any atom is -0.346 e. The maximum atomic E-state index is 15.1. The van der Waals surface area contributed by atoms with Crippen molar-refractivity contribution >= 4 is 40.7 Å². The summed E-state index contributed by atoms with van der Waals surface area (Å²) in [7, 11) is 0. The average molecular weight is 424 g/mol. The summed E-state index contributed by atoms with van der Waals surface area (Å²) in [6.07, 6.45) is 1.28. The van der Waals surface area contributed by atoms with E-state index in [1.807, 2.05) is 6.07 Å². The van der Waals surface area contributed by atoms with Crippen LogP contribution < -0.4 is 5.32 Å². The van der Waals surface area contributed by atoms with Crippen LogP contribution in [0.15, 0.2) is 36.7 Å². The molecular formula is C18H10Cl3FN4O. The van der Waals surface area contributed by atoms with Gasteiger partial charge in [-0.1, -0.05) is 40.9 Å². The maximum Gasteiger partial charge on any atom is 0.271 e. The lowest BCUT2D eigenvalue weighted by Gasteiger charge is -2.12. The predicted octanol–water partition coefficient (Wildman–Crippen LogP) is 4.98. The molecule has 3 rings (SSSR count). The van der Waals surface area contributed by atoms with Gasteiger partial charge >= 0.3 is 0 Å². The Kier molecular flexibility index (Phi) is 5.66. The molecule has 0 bridgehead atoms. The van der Waals surface area contributed by atoms with E-state index in [0.717, 1.165) is 0 Å². The van der Waals surface area contributed by atoms with Crippen LogP contribution in [0.5, 0.6) is 0 Å². The molecule has 136 valence electrons. The Morgan fingerprint density at radius 3 is 2.70 bits per heavy atom. The quantitative estimate of drug-likeness (QED) is 0.621. The van der Waals surface area contributed by atoms with Gasteiger partial charge in [0.15, 0.2) is 5.15 Å². The number of carbonyl (C=O) groups is 1. The molecule has 0 aliphatic heterocycles. The van der Waals surface area contributed by atoms with Gasteiger partial charge in [-0.3, -0.25) is 4.79 Å². The molecule has 0 fully saturated rings. The molecule has 0 saturated heterocycles. The first kappa shape index (κ1) is 19.2. The van der Waals surface area contributed by atoms with Crippen LogP contribution in [0.1, 0.15) is 21.6 Å². The van der Waals surface area contributed by atoms with Gasteiger partial charge in [0.1, 0.15) is 11.5 Å². The van der Waals surface area contributed by atoms with Crippen molar-refractivity contribution in [3.63, 3.8) is 0 Å². The highest BCUT2D eigenvalue weighted by molar-refractivity contribution is 6.34. The highest BCUT2D eigenvalue weighted by Gasteiger charge is 2.18. The van der Waals surface area contributed by atoms with E-state index in [9.17, 15) is 4.79 Å². The van der Waals surface area contributed by atoms with Crippen molar-refractivity contribution in [2.75, 3.05) is 0 Å². The summed E-state index contributed by atoms with van der Waals surface area (Å²) in [5.41, 5.74) is 1.03. The highest BCUT2D eigenvalue weighted by Crippen LogP contribution is 2.34. The Morgan fingerprint density at radius 1 is 1.26 bits per heavy atom. The largest absolute Gasteiger partial charge is 0.346 e. The molecule has 0 atom stereocenters. The molecule has 2 N–H and O–H groups in total. The summed E-state index contributed by atoms with van der Waals surface area (Å²) >= 11 is 18.0. The van der Waals surface area contributed by atoms with E-state index >= 15 is 4.39 Å². The number of rotatable bonds is 4. The Bertz CT molecular complexity index is 1070. The van der Waals surface area contributed by atoms with Crippen molar-refractivity contribution < 1.29 is 9.18 Å². The molecule has 1 aromatic heterocycles. The molecule has 27 heavy (non-hydrogen) atoms. The van der Waals surface area contributed by atoms with Crippen molar-refractivity contribution in [1.29, 1.82) is 5.26 Å². The SMILES string of the molecule is N#Cc1cc(Cl)cc(-c2c(Cl)ccc(CNC(=O)c3[nH]cnc3Cl)c2F)c1. The van der Waals surface area contributed by atoms with Crippen molar-refractivity contribution in [1.82, 2.24) is 15.3 Å². The Balaban J connectivity index is 1.92. The number of amides is 1. The molecule has 1 heterocycles. The zero-order valence-corrected chi connectivity index (χ0v) is 15.8. The number of hydrogen-bond acceptors (Lipinski definition) is 3. The number of halogens is 4. The summed E-state index contributed by atoms with van der Waals surface area (Å²) in [5.74, 6) is -1.15. The van der Waals surface area contributed by atoms with E-state index in [-0.39, 0.29) is 44.1 Å². The van der Waals surface area contributed by atoms with Crippen LogP contribution in [-0.4, -0.2) is 15.9 Å². The second-order valence-corrected chi connectivity index (χ2v) is 6.69. The third kappa shape index (κ3) is 4.06. The first-order valence-electron chi connectivity index (χ1n) is 7.55. The minimum absolute atomic E-state index is 0.0210. The molecule has 0 aliphatic rings. The zero-order chi connectivity index (χ0) is 19.6. The van der Waals surface area contributed by atoms with Crippen LogP contribution in [0.4, 0.5) is 4.39 Å². The number of nitrogens with zero attached hydrogens (tertiary/aromatic N) is 2. The number of nitriles is 1. The lowest BCUT2D eigenvalue weighted by atomic mass is 10.00. The van der Waals surface area contributed by atoms with Crippen molar-refractivity contribution in [2.45, 2.75) is 6.54 Å². The third-order valence-electron chi connectivity index (χ3n) is 3.75. The van der Waals surface area contributed by atoms with E-state index in [1.54, 1.807) is 0 Å². The molecule has 0 unspecified atom stereocenters. The highest BCUT2D eigenvalue weighted by atomic mass is 35.5. The number of carbonyl (C=O) groups excluding carboxylic acids is 1. The van der Waals surface area contributed by atoms with Crippen LogP contribution in [0.3, 0.4) is 0 Å². The molecule has 1 amide bonds. The number of nitrogens with one attached hydrogen (secondary N) is 2. The number of aromatic nitrogens is 2. The average Bonchev–Trinajstić information content (AvgIpc) is 3.06. The maximum absolute atomic E-state index is 15.1. The van der Waals surface area contributed by atoms with Crippen LogP contribution in [0.25, 0.3) is 11.1 Å². The van der Waals surface area contributed by atoms with Gasteiger partial charge in [-0.05, 0) is 29.8 Å². The van der Waals surface area contributed by atoms with Gasteiger partial charge in [0.05, 0.1) is 23.0 Å². The van der Waals surface area contributed by atoms with E-state index in [1.165, 1.54) is 36.7 Å². The molecule has 0 saturated carbocycles. The molecule has 0 aliphatic carbocycles. The Labute approximate surface area is 168 Å². The van der Waals surface area contributed by atoms with Crippen LogP contribution in [0, 0.1) is 17.1 Å². The van der Waals surface area contributed by atoms with Gasteiger partial charge in [0, 0.05) is 22.7 Å². The molecule has 0 spiro atoms. The fourth-order valence-corrected chi connectivity index (χ4v) is 3.18. The summed E-state index contributed by atoms with van der Waals surface area (Å²) < 4.78 is 15.1. The van der Waals surface area contributed by atoms with Crippen molar-refractivity contribution in [2.24, 2.45) is 0 Å². The molecular weight excluding hydrogens is 414 g/mol.